The highest BCUT2D eigenvalue weighted by Crippen LogP contribution is 2.36. The number of piperazine rings is 1. The topological polar surface area (TPSA) is 45.2 Å². The highest BCUT2D eigenvalue weighted by atomic mass is 16.5. The third-order valence-corrected chi connectivity index (χ3v) is 5.80. The van der Waals surface area contributed by atoms with Gasteiger partial charge in [-0.1, -0.05) is 53.7 Å². The van der Waals surface area contributed by atoms with Crippen molar-refractivity contribution < 1.29 is 14.6 Å². The van der Waals surface area contributed by atoms with Crippen molar-refractivity contribution in [3.05, 3.63) is 29.8 Å². The van der Waals surface area contributed by atoms with Gasteiger partial charge in [0.15, 0.2) is 0 Å². The lowest BCUT2D eigenvalue weighted by Crippen LogP contribution is -2.48. The Bertz CT molecular complexity index is 602. The standard InChI is InChI=1S/C25H44N2O3/c1-7-26-12-14-27(15-13-26)18-22(28)19-29-16-17-30-23-10-8-21(9-11-23)25(5,6)20-24(2,3)4/h8-11,22,28H,7,12-20H2,1-6H3/t22-/m0/s1. The SMILES string of the molecule is CCN1CCN(C[C@H](O)COCCOc2ccc(C(C)(C)CC(C)(C)C)cc2)CC1. The maximum Gasteiger partial charge on any atom is 0.119 e. The van der Waals surface area contributed by atoms with E-state index in [1.807, 2.05) is 12.1 Å². The number of aliphatic hydroxyl groups excluding tert-OH is 1. The summed E-state index contributed by atoms with van der Waals surface area (Å²) in [5.41, 5.74) is 1.77. The number of hydrogen-bond acceptors (Lipinski definition) is 5. The molecule has 1 fully saturated rings. The maximum atomic E-state index is 10.2. The van der Waals surface area contributed by atoms with Gasteiger partial charge in [0.05, 0.1) is 19.3 Å². The third-order valence-electron chi connectivity index (χ3n) is 5.80. The Labute approximate surface area is 184 Å². The van der Waals surface area contributed by atoms with E-state index in [1.54, 1.807) is 0 Å². The van der Waals surface area contributed by atoms with E-state index in [9.17, 15) is 5.11 Å². The Morgan fingerprint density at radius 3 is 2.10 bits per heavy atom. The molecule has 0 spiro atoms. The first kappa shape index (κ1) is 25.1. The Balaban J connectivity index is 1.62. The number of hydrogen-bond donors (Lipinski definition) is 1. The molecule has 5 heteroatoms. The zero-order chi connectivity index (χ0) is 22.2. The highest BCUT2D eigenvalue weighted by molar-refractivity contribution is 5.31. The molecule has 0 amide bonds. The lowest BCUT2D eigenvalue weighted by Gasteiger charge is -2.34. The van der Waals surface area contributed by atoms with Crippen LogP contribution in [0.3, 0.4) is 0 Å². The Kier molecular flexibility index (Phi) is 9.61. The lowest BCUT2D eigenvalue weighted by atomic mass is 9.72. The molecule has 0 aliphatic carbocycles. The van der Waals surface area contributed by atoms with Crippen LogP contribution in [0.5, 0.6) is 5.75 Å². The van der Waals surface area contributed by atoms with Crippen molar-refractivity contribution in [3.63, 3.8) is 0 Å². The van der Waals surface area contributed by atoms with Gasteiger partial charge in [-0.25, -0.2) is 0 Å². The fraction of sp³-hybridized carbons (Fsp3) is 0.760. The molecule has 1 aliphatic rings. The average molecular weight is 421 g/mol. The molecule has 1 aromatic rings. The number of rotatable bonds is 11. The molecule has 1 atom stereocenters. The van der Waals surface area contributed by atoms with Gasteiger partial charge in [0.2, 0.25) is 0 Å². The summed E-state index contributed by atoms with van der Waals surface area (Å²) in [7, 11) is 0. The van der Waals surface area contributed by atoms with E-state index in [0.717, 1.165) is 44.9 Å². The number of nitrogens with zero attached hydrogens (tertiary/aromatic N) is 2. The Hall–Kier alpha value is -1.14. The predicted octanol–water partition coefficient (Wildman–Crippen LogP) is 3.79. The number of benzene rings is 1. The van der Waals surface area contributed by atoms with Gasteiger partial charge in [-0.05, 0) is 41.5 Å². The van der Waals surface area contributed by atoms with Crippen LogP contribution in [0, 0.1) is 5.41 Å². The smallest absolute Gasteiger partial charge is 0.119 e. The molecule has 1 aliphatic heterocycles. The molecule has 0 radical (unpaired) electrons. The van der Waals surface area contributed by atoms with Crippen molar-refractivity contribution in [1.29, 1.82) is 0 Å². The van der Waals surface area contributed by atoms with E-state index in [2.05, 4.69) is 63.5 Å². The van der Waals surface area contributed by atoms with Gasteiger partial charge in [0.25, 0.3) is 0 Å². The van der Waals surface area contributed by atoms with E-state index in [-0.39, 0.29) is 5.41 Å². The van der Waals surface area contributed by atoms with E-state index in [1.165, 1.54) is 5.56 Å². The van der Waals surface area contributed by atoms with E-state index in [4.69, 9.17) is 9.47 Å². The van der Waals surface area contributed by atoms with Gasteiger partial charge in [-0.15, -0.1) is 0 Å². The van der Waals surface area contributed by atoms with Crippen molar-refractivity contribution in [2.45, 2.75) is 59.5 Å². The van der Waals surface area contributed by atoms with Gasteiger partial charge in [-0.3, -0.25) is 4.90 Å². The summed E-state index contributed by atoms with van der Waals surface area (Å²) >= 11 is 0. The largest absolute Gasteiger partial charge is 0.491 e. The molecule has 1 aromatic carbocycles. The molecule has 2 rings (SSSR count). The molecular weight excluding hydrogens is 376 g/mol. The second-order valence-electron chi connectivity index (χ2n) is 10.5. The van der Waals surface area contributed by atoms with Gasteiger partial charge >= 0.3 is 0 Å². The van der Waals surface area contributed by atoms with Crippen LogP contribution in [0.15, 0.2) is 24.3 Å². The molecule has 0 bridgehead atoms. The van der Waals surface area contributed by atoms with Crippen LogP contribution in [-0.2, 0) is 10.2 Å². The molecule has 172 valence electrons. The fourth-order valence-electron chi connectivity index (χ4n) is 4.51. The van der Waals surface area contributed by atoms with Crippen LogP contribution in [-0.4, -0.2) is 80.1 Å². The molecule has 1 heterocycles. The van der Waals surface area contributed by atoms with Crippen molar-refractivity contribution in [2.75, 3.05) is 59.1 Å². The molecule has 1 saturated heterocycles. The first-order valence-corrected chi connectivity index (χ1v) is 11.5. The van der Waals surface area contributed by atoms with E-state index >= 15 is 0 Å². The minimum atomic E-state index is -0.442. The second-order valence-corrected chi connectivity index (χ2v) is 10.5. The predicted molar refractivity (Wildman–Crippen MR) is 124 cm³/mol. The average Bonchev–Trinajstić information content (AvgIpc) is 2.67. The van der Waals surface area contributed by atoms with Crippen LogP contribution >= 0.6 is 0 Å². The molecule has 30 heavy (non-hydrogen) atoms. The number of aliphatic hydroxyl groups is 1. The quantitative estimate of drug-likeness (QED) is 0.552. The first-order chi connectivity index (χ1) is 14.1. The molecule has 5 nitrogen and oxygen atoms in total. The Morgan fingerprint density at radius 2 is 1.53 bits per heavy atom. The van der Waals surface area contributed by atoms with E-state index in [0.29, 0.717) is 31.8 Å². The molecule has 0 aromatic heterocycles. The zero-order valence-electron chi connectivity index (χ0n) is 20.1. The first-order valence-electron chi connectivity index (χ1n) is 11.5. The number of ether oxygens (including phenoxy) is 2. The van der Waals surface area contributed by atoms with Gasteiger partial charge in [0.1, 0.15) is 12.4 Å². The molecular formula is C25H44N2O3. The molecule has 0 saturated carbocycles. The van der Waals surface area contributed by atoms with Crippen LogP contribution in [0.4, 0.5) is 0 Å². The summed E-state index contributed by atoms with van der Waals surface area (Å²) in [4.78, 5) is 4.76. The van der Waals surface area contributed by atoms with Crippen LogP contribution in [0.2, 0.25) is 0 Å². The van der Waals surface area contributed by atoms with Crippen molar-refractivity contribution in [1.82, 2.24) is 9.80 Å². The van der Waals surface area contributed by atoms with Crippen molar-refractivity contribution >= 4 is 0 Å². The highest BCUT2D eigenvalue weighted by Gasteiger charge is 2.27. The number of likely N-dealkylation sites (N-methyl/N-ethyl adjacent to an activating group) is 1. The fourth-order valence-corrected chi connectivity index (χ4v) is 4.51. The minimum absolute atomic E-state index is 0.138. The van der Waals surface area contributed by atoms with Crippen LogP contribution in [0.25, 0.3) is 0 Å². The maximum absolute atomic E-state index is 10.2. The van der Waals surface area contributed by atoms with Crippen molar-refractivity contribution in [3.8, 4) is 5.75 Å². The zero-order valence-corrected chi connectivity index (χ0v) is 20.1. The monoisotopic (exact) mass is 420 g/mol. The summed E-state index contributed by atoms with van der Waals surface area (Å²) < 4.78 is 11.4. The van der Waals surface area contributed by atoms with Crippen LogP contribution in [0.1, 0.15) is 53.5 Å². The summed E-state index contributed by atoms with van der Waals surface area (Å²) in [5.74, 6) is 0.864. The van der Waals surface area contributed by atoms with Gasteiger partial charge < -0.3 is 19.5 Å². The number of β-amino-alcohol motifs (C(OH)–C–C–N with tert-alkyl or cyclic N) is 1. The van der Waals surface area contributed by atoms with E-state index < -0.39 is 6.10 Å². The van der Waals surface area contributed by atoms with Crippen molar-refractivity contribution in [2.24, 2.45) is 5.41 Å². The molecule has 1 N–H and O–H groups in total. The minimum Gasteiger partial charge on any atom is -0.491 e. The Morgan fingerprint density at radius 1 is 0.933 bits per heavy atom. The second kappa shape index (κ2) is 11.5. The molecule has 0 unspecified atom stereocenters. The summed E-state index contributed by atoms with van der Waals surface area (Å²) in [5, 5.41) is 10.2. The van der Waals surface area contributed by atoms with Gasteiger partial charge in [0, 0.05) is 32.7 Å². The summed E-state index contributed by atoms with van der Waals surface area (Å²) in [6.07, 6.45) is 0.687. The summed E-state index contributed by atoms with van der Waals surface area (Å²) in [6, 6.07) is 8.43. The normalized spacial score (nSPS) is 17.8. The van der Waals surface area contributed by atoms with Gasteiger partial charge in [-0.2, -0.15) is 0 Å². The third kappa shape index (κ3) is 8.93. The lowest BCUT2D eigenvalue weighted by molar-refractivity contribution is 0.000389. The van der Waals surface area contributed by atoms with Crippen LogP contribution < -0.4 is 4.74 Å². The summed E-state index contributed by atoms with van der Waals surface area (Å²) in [6.45, 7) is 21.0.